The van der Waals surface area contributed by atoms with Gasteiger partial charge in [0, 0.05) is 31.8 Å². The summed E-state index contributed by atoms with van der Waals surface area (Å²) in [5, 5.41) is 0. The van der Waals surface area contributed by atoms with E-state index in [1.807, 2.05) is 18.2 Å². The highest BCUT2D eigenvalue weighted by molar-refractivity contribution is 5.95. The van der Waals surface area contributed by atoms with Crippen molar-refractivity contribution in [2.24, 2.45) is 0 Å². The van der Waals surface area contributed by atoms with Crippen LogP contribution in [0.3, 0.4) is 0 Å². The minimum absolute atomic E-state index is 0.133. The van der Waals surface area contributed by atoms with E-state index in [1.165, 1.54) is 0 Å². The minimum Gasteiger partial charge on any atom is -0.352 e. The Morgan fingerprint density at radius 3 is 2.13 bits per heavy atom. The summed E-state index contributed by atoms with van der Waals surface area (Å²) in [5.41, 5.74) is 7.43. The second-order valence-corrected chi connectivity index (χ2v) is 7.24. The molecule has 0 aromatic heterocycles. The minimum atomic E-state index is -0.482. The topological polar surface area (TPSA) is 76.7 Å². The van der Waals surface area contributed by atoms with Gasteiger partial charge in [-0.25, -0.2) is 0 Å². The predicted molar refractivity (Wildman–Crippen MR) is 117 cm³/mol. The number of hydrogen-bond donors (Lipinski definition) is 2. The lowest BCUT2D eigenvalue weighted by Crippen LogP contribution is -2.42. The van der Waals surface area contributed by atoms with Gasteiger partial charge >= 0.3 is 0 Å². The second kappa shape index (κ2) is 12.8. The van der Waals surface area contributed by atoms with Gasteiger partial charge in [0.15, 0.2) is 6.29 Å². The molecule has 2 aromatic rings. The normalized spacial score (nSPS) is 11.9. The Bertz CT molecular complexity index is 774. The van der Waals surface area contributed by atoms with E-state index >= 15 is 0 Å². The Kier molecular flexibility index (Phi) is 10.0. The molecule has 0 spiro atoms. The third-order valence-electron chi connectivity index (χ3n) is 5.05. The van der Waals surface area contributed by atoms with Crippen LogP contribution in [0.15, 0.2) is 54.6 Å². The molecule has 30 heavy (non-hydrogen) atoms. The van der Waals surface area contributed by atoms with Crippen LogP contribution in [0.1, 0.15) is 72.7 Å². The molecule has 0 radical (unpaired) electrons. The van der Waals surface area contributed by atoms with Crippen LogP contribution in [-0.2, 0) is 14.3 Å². The van der Waals surface area contributed by atoms with Crippen LogP contribution < -0.4 is 10.9 Å². The van der Waals surface area contributed by atoms with Crippen molar-refractivity contribution < 1.29 is 19.1 Å². The first kappa shape index (κ1) is 23.6. The van der Waals surface area contributed by atoms with Crippen molar-refractivity contribution in [1.29, 1.82) is 0 Å². The average molecular weight is 413 g/mol. The van der Waals surface area contributed by atoms with Crippen molar-refractivity contribution in [2.45, 2.75) is 51.2 Å². The van der Waals surface area contributed by atoms with Gasteiger partial charge in [0.05, 0.1) is 0 Å². The number of methoxy groups -OCH3 is 2. The van der Waals surface area contributed by atoms with Crippen molar-refractivity contribution in [1.82, 2.24) is 10.9 Å². The van der Waals surface area contributed by atoms with Crippen molar-refractivity contribution >= 4 is 11.8 Å². The summed E-state index contributed by atoms with van der Waals surface area (Å²) in [5.74, 6) is -0.443. The zero-order chi connectivity index (χ0) is 21.8. The van der Waals surface area contributed by atoms with E-state index in [9.17, 15) is 9.59 Å². The number of ether oxygens (including phenoxy) is 2. The van der Waals surface area contributed by atoms with Crippen molar-refractivity contribution in [2.75, 3.05) is 14.2 Å². The number of unbranched alkanes of at least 4 members (excludes halogenated alkanes) is 2. The fraction of sp³-hybridized carbons (Fsp3) is 0.417. The highest BCUT2D eigenvalue weighted by Gasteiger charge is 2.17. The number of nitrogens with one attached hydrogen (secondary N) is 2. The van der Waals surface area contributed by atoms with Gasteiger partial charge in [-0.1, -0.05) is 68.7 Å². The number of carbonyl (C=O) groups is 2. The fourth-order valence-corrected chi connectivity index (χ4v) is 3.39. The summed E-state index contributed by atoms with van der Waals surface area (Å²) in [6, 6.07) is 16.9. The maximum absolute atomic E-state index is 12.5. The molecule has 0 aliphatic heterocycles. The van der Waals surface area contributed by atoms with Gasteiger partial charge in [-0.3, -0.25) is 20.4 Å². The molecule has 1 atom stereocenters. The summed E-state index contributed by atoms with van der Waals surface area (Å²) in [6.45, 7) is 2.16. The first-order chi connectivity index (χ1) is 14.6. The largest absolute Gasteiger partial charge is 0.352 e. The maximum atomic E-state index is 12.5. The summed E-state index contributed by atoms with van der Waals surface area (Å²) in [6.07, 6.45) is 4.15. The number of hydrogen-bond acceptors (Lipinski definition) is 4. The Hall–Kier alpha value is -2.70. The lowest BCUT2D eigenvalue weighted by atomic mass is 9.90. The molecule has 162 valence electrons. The van der Waals surface area contributed by atoms with Crippen molar-refractivity contribution in [3.05, 3.63) is 71.3 Å². The Balaban J connectivity index is 1.90. The molecule has 0 heterocycles. The summed E-state index contributed by atoms with van der Waals surface area (Å²) < 4.78 is 10.4. The lowest BCUT2D eigenvalue weighted by molar-refractivity contribution is -0.122. The molecule has 2 rings (SSSR count). The molecule has 2 N–H and O–H groups in total. The van der Waals surface area contributed by atoms with Gasteiger partial charge in [-0.05, 0) is 30.0 Å². The van der Waals surface area contributed by atoms with E-state index in [4.69, 9.17) is 9.47 Å². The molecule has 0 saturated carbocycles. The van der Waals surface area contributed by atoms with Crippen LogP contribution in [0.25, 0.3) is 0 Å². The molecule has 2 aromatic carbocycles. The zero-order valence-electron chi connectivity index (χ0n) is 18.0. The number of benzene rings is 2. The molecule has 0 saturated heterocycles. The maximum Gasteiger partial charge on any atom is 0.269 e. The average Bonchev–Trinajstić information content (AvgIpc) is 2.79. The number of rotatable bonds is 11. The molecule has 0 bridgehead atoms. The fourth-order valence-electron chi connectivity index (χ4n) is 3.39. The molecule has 6 nitrogen and oxygen atoms in total. The Morgan fingerprint density at radius 2 is 1.53 bits per heavy atom. The van der Waals surface area contributed by atoms with Crippen LogP contribution in [0.2, 0.25) is 0 Å². The molecule has 1 unspecified atom stereocenters. The van der Waals surface area contributed by atoms with E-state index in [2.05, 4.69) is 29.9 Å². The highest BCUT2D eigenvalue weighted by Crippen LogP contribution is 2.25. The Labute approximate surface area is 178 Å². The highest BCUT2D eigenvalue weighted by atomic mass is 16.7. The number of amides is 2. The van der Waals surface area contributed by atoms with Crippen LogP contribution in [0.5, 0.6) is 0 Å². The third-order valence-corrected chi connectivity index (χ3v) is 5.05. The molecule has 0 aliphatic rings. The predicted octanol–water partition coefficient (Wildman–Crippen LogP) is 4.49. The van der Waals surface area contributed by atoms with Crippen LogP contribution in [0.4, 0.5) is 0 Å². The summed E-state index contributed by atoms with van der Waals surface area (Å²) in [4.78, 5) is 24.8. The van der Waals surface area contributed by atoms with Crippen LogP contribution in [-0.4, -0.2) is 26.0 Å². The van der Waals surface area contributed by atoms with E-state index < -0.39 is 6.29 Å². The molecular formula is C24H32N2O4. The van der Waals surface area contributed by atoms with Crippen molar-refractivity contribution in [3.63, 3.8) is 0 Å². The third kappa shape index (κ3) is 7.28. The number of hydrazine groups is 1. The van der Waals surface area contributed by atoms with E-state index in [0.29, 0.717) is 12.0 Å². The Morgan fingerprint density at radius 1 is 0.867 bits per heavy atom. The van der Waals surface area contributed by atoms with E-state index in [0.717, 1.165) is 36.8 Å². The molecule has 0 aliphatic carbocycles. The molecular weight excluding hydrogens is 380 g/mol. The smallest absolute Gasteiger partial charge is 0.269 e. The lowest BCUT2D eigenvalue weighted by Gasteiger charge is -2.17. The van der Waals surface area contributed by atoms with Gasteiger partial charge in [-0.15, -0.1) is 0 Å². The quantitative estimate of drug-likeness (QED) is 0.324. The number of carbonyl (C=O) groups excluding carboxylic acids is 2. The van der Waals surface area contributed by atoms with Gasteiger partial charge in [0.1, 0.15) is 0 Å². The van der Waals surface area contributed by atoms with E-state index in [1.54, 1.807) is 38.5 Å². The first-order valence-corrected chi connectivity index (χ1v) is 10.4. The first-order valence-electron chi connectivity index (χ1n) is 10.4. The summed E-state index contributed by atoms with van der Waals surface area (Å²) >= 11 is 0. The van der Waals surface area contributed by atoms with Gasteiger partial charge in [0.2, 0.25) is 5.91 Å². The zero-order valence-corrected chi connectivity index (χ0v) is 18.0. The monoisotopic (exact) mass is 412 g/mol. The molecule has 6 heteroatoms. The summed E-state index contributed by atoms with van der Waals surface area (Å²) in [7, 11) is 3.10. The van der Waals surface area contributed by atoms with Gasteiger partial charge in [-0.2, -0.15) is 0 Å². The van der Waals surface area contributed by atoms with Gasteiger partial charge < -0.3 is 9.47 Å². The van der Waals surface area contributed by atoms with Crippen molar-refractivity contribution in [3.8, 4) is 0 Å². The SMILES string of the molecule is CCCCCC(CC(=O)NNC(=O)c1ccc(C(OC)OC)cc1)c1ccccc1. The second-order valence-electron chi connectivity index (χ2n) is 7.24. The van der Waals surface area contributed by atoms with Crippen LogP contribution in [0, 0.1) is 0 Å². The van der Waals surface area contributed by atoms with Gasteiger partial charge in [0.25, 0.3) is 5.91 Å². The molecule has 2 amide bonds. The standard InChI is InChI=1S/C24H32N2O4/c1-4-5-7-12-21(18-10-8-6-9-11-18)17-22(27)25-26-23(28)19-13-15-20(16-14-19)24(29-2)30-3/h6,8-11,13-16,21,24H,4-5,7,12,17H2,1-3H3,(H,25,27)(H,26,28). The van der Waals surface area contributed by atoms with Crippen LogP contribution >= 0.6 is 0 Å². The van der Waals surface area contributed by atoms with E-state index in [-0.39, 0.29) is 17.7 Å². The molecule has 0 fully saturated rings.